The van der Waals surface area contributed by atoms with Gasteiger partial charge in [-0.3, -0.25) is 4.79 Å². The van der Waals surface area contributed by atoms with E-state index in [9.17, 15) is 21.6 Å². The molecule has 1 heterocycles. The standard InChI is InChI=1S/C21H26N2O6S2/c24-21(22-12-17-30(25,26)19-4-2-1-3-5-19)11-8-18-6-9-20(10-7-18)31(27,28)23-13-15-29-16-14-23/h1-7,9-10H,8,11-17H2,(H,22,24). The maximum absolute atomic E-state index is 12.6. The summed E-state index contributed by atoms with van der Waals surface area (Å²) in [5.74, 6) is -0.426. The lowest BCUT2D eigenvalue weighted by Crippen LogP contribution is -2.40. The molecule has 2 aromatic carbocycles. The Morgan fingerprint density at radius 3 is 2.19 bits per heavy atom. The van der Waals surface area contributed by atoms with Crippen molar-refractivity contribution in [1.82, 2.24) is 9.62 Å². The van der Waals surface area contributed by atoms with Gasteiger partial charge in [-0.2, -0.15) is 4.31 Å². The highest BCUT2D eigenvalue weighted by Crippen LogP contribution is 2.18. The minimum atomic E-state index is -3.54. The van der Waals surface area contributed by atoms with Gasteiger partial charge in [-0.1, -0.05) is 30.3 Å². The maximum atomic E-state index is 12.6. The minimum Gasteiger partial charge on any atom is -0.379 e. The highest BCUT2D eigenvalue weighted by atomic mass is 32.2. The average molecular weight is 467 g/mol. The van der Waals surface area contributed by atoms with E-state index < -0.39 is 19.9 Å². The summed E-state index contributed by atoms with van der Waals surface area (Å²) in [6.45, 7) is 1.49. The molecule has 0 aromatic heterocycles. The van der Waals surface area contributed by atoms with Crippen LogP contribution in [-0.2, 0) is 35.8 Å². The number of ether oxygens (including phenoxy) is 1. The Bertz CT molecular complexity index is 1080. The molecule has 1 fully saturated rings. The van der Waals surface area contributed by atoms with Crippen molar-refractivity contribution in [3.8, 4) is 0 Å². The first kappa shape index (κ1) is 23.4. The Morgan fingerprint density at radius 2 is 1.55 bits per heavy atom. The van der Waals surface area contributed by atoms with E-state index in [4.69, 9.17) is 4.74 Å². The zero-order valence-corrected chi connectivity index (χ0v) is 18.7. The number of hydrogen-bond donors (Lipinski definition) is 1. The maximum Gasteiger partial charge on any atom is 0.243 e. The van der Waals surface area contributed by atoms with Crippen molar-refractivity contribution in [3.63, 3.8) is 0 Å². The Hall–Kier alpha value is -2.27. The summed E-state index contributed by atoms with van der Waals surface area (Å²) < 4.78 is 56.3. The van der Waals surface area contributed by atoms with Crippen LogP contribution in [0.25, 0.3) is 0 Å². The van der Waals surface area contributed by atoms with Gasteiger partial charge in [0.1, 0.15) is 0 Å². The molecule has 10 heteroatoms. The molecule has 1 aliphatic heterocycles. The predicted octanol–water partition coefficient (Wildman–Crippen LogP) is 1.23. The normalized spacial score (nSPS) is 15.5. The molecule has 3 rings (SSSR count). The van der Waals surface area contributed by atoms with Crippen LogP contribution in [0.5, 0.6) is 0 Å². The summed E-state index contributed by atoms with van der Waals surface area (Å²) in [5.41, 5.74) is 0.827. The first-order chi connectivity index (χ1) is 14.8. The summed E-state index contributed by atoms with van der Waals surface area (Å²) in [4.78, 5) is 12.5. The number of carbonyl (C=O) groups is 1. The highest BCUT2D eigenvalue weighted by Gasteiger charge is 2.26. The Kier molecular flexibility index (Phi) is 7.82. The van der Waals surface area contributed by atoms with Crippen LogP contribution in [0.2, 0.25) is 0 Å². The lowest BCUT2D eigenvalue weighted by Gasteiger charge is -2.26. The number of aryl methyl sites for hydroxylation is 1. The number of morpholine rings is 1. The number of rotatable bonds is 9. The fourth-order valence-corrected chi connectivity index (χ4v) is 5.77. The van der Waals surface area contributed by atoms with Crippen LogP contribution in [-0.4, -0.2) is 65.6 Å². The summed E-state index contributed by atoms with van der Waals surface area (Å²) in [7, 11) is -6.98. The molecule has 0 atom stereocenters. The van der Waals surface area contributed by atoms with E-state index in [-0.39, 0.29) is 34.4 Å². The van der Waals surface area contributed by atoms with Crippen molar-refractivity contribution in [2.45, 2.75) is 22.6 Å². The molecule has 168 valence electrons. The molecule has 0 unspecified atom stereocenters. The smallest absolute Gasteiger partial charge is 0.243 e. The van der Waals surface area contributed by atoms with Crippen LogP contribution >= 0.6 is 0 Å². The highest BCUT2D eigenvalue weighted by molar-refractivity contribution is 7.91. The van der Waals surface area contributed by atoms with Crippen LogP contribution in [0.4, 0.5) is 0 Å². The topological polar surface area (TPSA) is 110 Å². The number of nitrogens with zero attached hydrogens (tertiary/aromatic N) is 1. The number of nitrogens with one attached hydrogen (secondary N) is 1. The largest absolute Gasteiger partial charge is 0.379 e. The van der Waals surface area contributed by atoms with Crippen molar-refractivity contribution >= 4 is 25.8 Å². The van der Waals surface area contributed by atoms with Crippen molar-refractivity contribution in [3.05, 3.63) is 60.2 Å². The van der Waals surface area contributed by atoms with Gasteiger partial charge in [-0.15, -0.1) is 0 Å². The second-order valence-corrected chi connectivity index (χ2v) is 11.2. The molecule has 2 aromatic rings. The molecule has 0 bridgehead atoms. The Morgan fingerprint density at radius 1 is 0.903 bits per heavy atom. The van der Waals surface area contributed by atoms with E-state index in [1.807, 2.05) is 0 Å². The predicted molar refractivity (Wildman–Crippen MR) is 116 cm³/mol. The van der Waals surface area contributed by atoms with Gasteiger partial charge in [0.2, 0.25) is 15.9 Å². The molecule has 1 saturated heterocycles. The third-order valence-electron chi connectivity index (χ3n) is 4.97. The molecule has 0 aliphatic carbocycles. The van der Waals surface area contributed by atoms with Crippen LogP contribution in [0.15, 0.2) is 64.4 Å². The van der Waals surface area contributed by atoms with Gasteiger partial charge in [-0.25, -0.2) is 16.8 Å². The van der Waals surface area contributed by atoms with E-state index in [1.165, 1.54) is 16.4 Å². The Labute approximate surface area is 183 Å². The number of hydrogen-bond acceptors (Lipinski definition) is 6. The molecular formula is C21H26N2O6S2. The third-order valence-corrected chi connectivity index (χ3v) is 8.61. The molecule has 8 nitrogen and oxygen atoms in total. The fourth-order valence-electron chi connectivity index (χ4n) is 3.18. The van der Waals surface area contributed by atoms with Crippen molar-refractivity contribution < 1.29 is 26.4 Å². The zero-order valence-electron chi connectivity index (χ0n) is 17.1. The van der Waals surface area contributed by atoms with Crippen LogP contribution in [0.3, 0.4) is 0 Å². The number of sulfonamides is 1. The monoisotopic (exact) mass is 466 g/mol. The average Bonchev–Trinajstić information content (AvgIpc) is 2.79. The second-order valence-electron chi connectivity index (χ2n) is 7.14. The molecule has 1 N–H and O–H groups in total. The molecular weight excluding hydrogens is 440 g/mol. The van der Waals surface area contributed by atoms with E-state index in [1.54, 1.807) is 42.5 Å². The summed E-state index contributed by atoms with van der Waals surface area (Å²) in [6, 6.07) is 14.6. The molecule has 0 saturated carbocycles. The number of benzene rings is 2. The molecule has 31 heavy (non-hydrogen) atoms. The van der Waals surface area contributed by atoms with Gasteiger partial charge >= 0.3 is 0 Å². The van der Waals surface area contributed by atoms with Gasteiger partial charge in [0.05, 0.1) is 28.8 Å². The van der Waals surface area contributed by atoms with Crippen molar-refractivity contribution in [2.75, 3.05) is 38.6 Å². The molecule has 0 spiro atoms. The first-order valence-corrected chi connectivity index (χ1v) is 13.1. The van der Waals surface area contributed by atoms with Gasteiger partial charge in [0, 0.05) is 26.1 Å². The first-order valence-electron chi connectivity index (χ1n) is 10.0. The SMILES string of the molecule is O=C(CCc1ccc(S(=O)(=O)N2CCOCC2)cc1)NCCS(=O)(=O)c1ccccc1. The van der Waals surface area contributed by atoms with Crippen molar-refractivity contribution in [2.24, 2.45) is 0 Å². The number of amides is 1. The Balaban J connectivity index is 1.46. The summed E-state index contributed by atoms with van der Waals surface area (Å²) in [5, 5.41) is 2.62. The van der Waals surface area contributed by atoms with Crippen molar-refractivity contribution in [1.29, 1.82) is 0 Å². The van der Waals surface area contributed by atoms with Crippen LogP contribution < -0.4 is 5.32 Å². The van der Waals surface area contributed by atoms with Gasteiger partial charge in [-0.05, 0) is 36.2 Å². The van der Waals surface area contributed by atoms with Crippen LogP contribution in [0, 0.1) is 0 Å². The third kappa shape index (κ3) is 6.36. The fraction of sp³-hybridized carbons (Fsp3) is 0.381. The minimum absolute atomic E-state index is 0.0345. The van der Waals surface area contributed by atoms with Gasteiger partial charge in [0.15, 0.2) is 9.84 Å². The lowest BCUT2D eigenvalue weighted by molar-refractivity contribution is -0.120. The number of carbonyl (C=O) groups excluding carboxylic acids is 1. The zero-order chi connectivity index (χ0) is 22.3. The molecule has 1 aliphatic rings. The van der Waals surface area contributed by atoms with E-state index in [2.05, 4.69) is 5.32 Å². The molecule has 0 radical (unpaired) electrons. The van der Waals surface area contributed by atoms with Gasteiger partial charge < -0.3 is 10.1 Å². The van der Waals surface area contributed by atoms with Gasteiger partial charge in [0.25, 0.3) is 0 Å². The summed E-state index contributed by atoms with van der Waals surface area (Å²) >= 11 is 0. The quantitative estimate of drug-likeness (QED) is 0.595. The van der Waals surface area contributed by atoms with E-state index >= 15 is 0 Å². The molecule has 1 amide bonds. The van der Waals surface area contributed by atoms with E-state index in [0.29, 0.717) is 32.7 Å². The summed E-state index contributed by atoms with van der Waals surface area (Å²) in [6.07, 6.45) is 0.607. The lowest BCUT2D eigenvalue weighted by atomic mass is 10.1. The second kappa shape index (κ2) is 10.4. The van der Waals surface area contributed by atoms with Crippen LogP contribution in [0.1, 0.15) is 12.0 Å². The number of sulfone groups is 1. The van der Waals surface area contributed by atoms with E-state index in [0.717, 1.165) is 5.56 Å².